The van der Waals surface area contributed by atoms with Gasteiger partial charge in [0.2, 0.25) is 5.79 Å². The number of carbonyl (C=O) groups excluding carboxylic acids is 2. The van der Waals surface area contributed by atoms with E-state index in [-0.39, 0.29) is 5.57 Å². The van der Waals surface area contributed by atoms with Gasteiger partial charge in [0.1, 0.15) is 5.94 Å². The Kier molecular flexibility index (Phi) is 4.55. The van der Waals surface area contributed by atoms with Crippen LogP contribution in [-0.4, -0.2) is 44.1 Å². The van der Waals surface area contributed by atoms with Gasteiger partial charge >= 0.3 is 11.9 Å². The molecule has 0 saturated heterocycles. The van der Waals surface area contributed by atoms with E-state index in [0.29, 0.717) is 12.2 Å². The summed E-state index contributed by atoms with van der Waals surface area (Å²) in [5.41, 5.74) is -0.328. The molecule has 7 heteroatoms. The van der Waals surface area contributed by atoms with E-state index in [2.05, 4.69) is 4.74 Å². The van der Waals surface area contributed by atoms with Crippen molar-refractivity contribution in [2.45, 2.75) is 25.6 Å². The molecule has 0 aliphatic carbocycles. The Morgan fingerprint density at radius 1 is 1.31 bits per heavy atom. The number of carbonyl (C=O) groups is 1. The van der Waals surface area contributed by atoms with E-state index in [4.69, 9.17) is 20.4 Å². The Morgan fingerprint density at radius 3 is 2.19 bits per heavy atom. The van der Waals surface area contributed by atoms with Crippen molar-refractivity contribution < 1.29 is 34.8 Å². The molecule has 0 aromatic rings. The van der Waals surface area contributed by atoms with Crippen molar-refractivity contribution in [3.8, 4) is 0 Å². The van der Waals surface area contributed by atoms with Gasteiger partial charge in [-0.05, 0) is 13.0 Å². The second-order valence-electron chi connectivity index (χ2n) is 3.20. The zero-order valence-electron chi connectivity index (χ0n) is 8.67. The number of rotatable bonds is 4. The van der Waals surface area contributed by atoms with Crippen molar-refractivity contribution in [2.24, 2.45) is 0 Å². The predicted molar refractivity (Wildman–Crippen MR) is 50.1 cm³/mol. The Labute approximate surface area is 90.9 Å². The van der Waals surface area contributed by atoms with Gasteiger partial charge in [0.05, 0.1) is 6.08 Å². The molecule has 0 unspecified atom stereocenters. The van der Waals surface area contributed by atoms with Crippen molar-refractivity contribution in [2.75, 3.05) is 0 Å². The van der Waals surface area contributed by atoms with E-state index in [1.807, 2.05) is 0 Å². The third kappa shape index (κ3) is 6.07. The van der Waals surface area contributed by atoms with Gasteiger partial charge in [-0.3, -0.25) is 0 Å². The van der Waals surface area contributed by atoms with E-state index in [9.17, 15) is 9.59 Å². The van der Waals surface area contributed by atoms with Crippen LogP contribution in [-0.2, 0) is 14.3 Å². The maximum Gasteiger partial charge on any atom is 0.337 e. The summed E-state index contributed by atoms with van der Waals surface area (Å²) in [6, 6.07) is 0. The lowest BCUT2D eigenvalue weighted by molar-refractivity contribution is -0.305. The molecule has 0 spiro atoms. The fourth-order valence-electron chi connectivity index (χ4n) is 0.762. The standard InChI is InChI=1S/C9H12O7/c1-6(5-9(14,15)3-4-10)7(11)16-8(2,12)13/h3,5,12-15H,1-2H3/b6-5+. The van der Waals surface area contributed by atoms with Gasteiger partial charge in [0, 0.05) is 12.5 Å². The van der Waals surface area contributed by atoms with Crippen LogP contribution < -0.4 is 0 Å². The highest BCUT2D eigenvalue weighted by atomic mass is 16.8. The minimum atomic E-state index is -2.67. The highest BCUT2D eigenvalue weighted by Crippen LogP contribution is 2.10. The Morgan fingerprint density at radius 2 is 1.81 bits per heavy atom. The van der Waals surface area contributed by atoms with Gasteiger partial charge in [0.25, 0.3) is 0 Å². The summed E-state index contributed by atoms with van der Waals surface area (Å²) < 4.78 is 4.09. The van der Waals surface area contributed by atoms with E-state index in [1.54, 1.807) is 0 Å². The number of aliphatic hydroxyl groups is 4. The molecule has 0 fully saturated rings. The van der Waals surface area contributed by atoms with Gasteiger partial charge in [0.15, 0.2) is 0 Å². The second-order valence-corrected chi connectivity index (χ2v) is 3.20. The SMILES string of the molecule is C/C(=C\C(O)(O)C=C=O)C(=O)OC(C)(O)O. The van der Waals surface area contributed by atoms with Crippen molar-refractivity contribution in [3.05, 3.63) is 17.7 Å². The van der Waals surface area contributed by atoms with Gasteiger partial charge < -0.3 is 25.2 Å². The first-order chi connectivity index (χ1) is 7.07. The van der Waals surface area contributed by atoms with Crippen molar-refractivity contribution in [1.82, 2.24) is 0 Å². The second kappa shape index (κ2) is 5.02. The lowest BCUT2D eigenvalue weighted by atomic mass is 10.2. The summed E-state index contributed by atoms with van der Waals surface area (Å²) in [6.07, 6.45) is 0.951. The van der Waals surface area contributed by atoms with E-state index >= 15 is 0 Å². The van der Waals surface area contributed by atoms with Crippen LogP contribution >= 0.6 is 0 Å². The van der Waals surface area contributed by atoms with Crippen LogP contribution in [0.5, 0.6) is 0 Å². The molecule has 0 saturated carbocycles. The van der Waals surface area contributed by atoms with Crippen molar-refractivity contribution in [1.29, 1.82) is 0 Å². The largest absolute Gasteiger partial charge is 0.405 e. The van der Waals surface area contributed by atoms with E-state index in [0.717, 1.165) is 19.8 Å². The first-order valence-corrected chi connectivity index (χ1v) is 4.12. The highest BCUT2D eigenvalue weighted by Gasteiger charge is 2.24. The molecular weight excluding hydrogens is 220 g/mol. The molecule has 4 N–H and O–H groups in total. The monoisotopic (exact) mass is 232 g/mol. The molecule has 90 valence electrons. The zero-order valence-corrected chi connectivity index (χ0v) is 8.67. The molecule has 0 aromatic heterocycles. The molecule has 0 aromatic carbocycles. The minimum Gasteiger partial charge on any atom is -0.405 e. The molecule has 0 atom stereocenters. The number of esters is 1. The summed E-state index contributed by atoms with van der Waals surface area (Å²) in [7, 11) is 0. The lowest BCUT2D eigenvalue weighted by Crippen LogP contribution is -2.32. The molecule has 0 rings (SSSR count). The Bertz CT molecular complexity index is 341. The van der Waals surface area contributed by atoms with E-state index in [1.165, 1.54) is 0 Å². The minimum absolute atomic E-state index is 0.328. The fourth-order valence-corrected chi connectivity index (χ4v) is 0.762. The van der Waals surface area contributed by atoms with E-state index < -0.39 is 17.7 Å². The molecule has 0 bridgehead atoms. The van der Waals surface area contributed by atoms with Crippen LogP contribution in [0.15, 0.2) is 17.7 Å². The Balaban J connectivity index is 4.80. The fraction of sp³-hybridized carbons (Fsp3) is 0.444. The predicted octanol–water partition coefficient (Wildman–Crippen LogP) is -1.80. The van der Waals surface area contributed by atoms with Crippen LogP contribution in [0.25, 0.3) is 0 Å². The molecule has 0 aliphatic heterocycles. The summed E-state index contributed by atoms with van der Waals surface area (Å²) in [5, 5.41) is 35.6. The number of hydrogen-bond acceptors (Lipinski definition) is 7. The molecule has 0 heterocycles. The van der Waals surface area contributed by atoms with Crippen molar-refractivity contribution >= 4 is 11.9 Å². The number of hydrogen-bond donors (Lipinski definition) is 4. The quantitative estimate of drug-likeness (QED) is 0.195. The van der Waals surface area contributed by atoms with Crippen LogP contribution in [0, 0.1) is 0 Å². The third-order valence-corrected chi connectivity index (χ3v) is 1.31. The first kappa shape index (κ1) is 14.5. The maximum atomic E-state index is 11.1. The third-order valence-electron chi connectivity index (χ3n) is 1.31. The number of ether oxygens (including phenoxy) is 1. The molecule has 0 radical (unpaired) electrons. The van der Waals surface area contributed by atoms with Gasteiger partial charge in [-0.1, -0.05) is 0 Å². The van der Waals surface area contributed by atoms with Crippen LogP contribution in [0.3, 0.4) is 0 Å². The summed E-state index contributed by atoms with van der Waals surface area (Å²) >= 11 is 0. The van der Waals surface area contributed by atoms with Gasteiger partial charge in [-0.15, -0.1) is 0 Å². The molecule has 16 heavy (non-hydrogen) atoms. The molecule has 7 nitrogen and oxygen atoms in total. The first-order valence-electron chi connectivity index (χ1n) is 4.12. The summed E-state index contributed by atoms with van der Waals surface area (Å²) in [6.45, 7) is 1.93. The molecular formula is C9H12O7. The molecule has 0 amide bonds. The van der Waals surface area contributed by atoms with Gasteiger partial charge in [-0.2, -0.15) is 0 Å². The normalized spacial score (nSPS) is 13.0. The summed E-state index contributed by atoms with van der Waals surface area (Å²) in [5.74, 6) is -5.36. The smallest absolute Gasteiger partial charge is 0.337 e. The van der Waals surface area contributed by atoms with Gasteiger partial charge in [-0.25, -0.2) is 9.59 Å². The Hall–Kier alpha value is -1.50. The molecule has 0 aliphatic rings. The topological polar surface area (TPSA) is 124 Å². The maximum absolute atomic E-state index is 11.1. The van der Waals surface area contributed by atoms with Crippen LogP contribution in [0.1, 0.15) is 13.8 Å². The van der Waals surface area contributed by atoms with Crippen LogP contribution in [0.4, 0.5) is 0 Å². The van der Waals surface area contributed by atoms with Crippen LogP contribution in [0.2, 0.25) is 0 Å². The average molecular weight is 232 g/mol. The van der Waals surface area contributed by atoms with Crippen molar-refractivity contribution in [3.63, 3.8) is 0 Å². The highest BCUT2D eigenvalue weighted by molar-refractivity contribution is 5.88. The zero-order chi connectivity index (χ0) is 13.0. The lowest BCUT2D eigenvalue weighted by Gasteiger charge is -2.17. The summed E-state index contributed by atoms with van der Waals surface area (Å²) in [4.78, 5) is 21.0. The average Bonchev–Trinajstić information content (AvgIpc) is 1.99.